The van der Waals surface area contributed by atoms with E-state index in [0.29, 0.717) is 11.7 Å². The molecule has 0 bridgehead atoms. The van der Waals surface area contributed by atoms with Crippen molar-refractivity contribution in [1.29, 1.82) is 0 Å². The number of carboxylic acid groups (broad SMARTS) is 1. The third-order valence-electron chi connectivity index (χ3n) is 3.27. The van der Waals surface area contributed by atoms with Crippen LogP contribution in [0.1, 0.15) is 43.0 Å². The number of hydrogen-bond donors (Lipinski definition) is 1. The third kappa shape index (κ3) is 3.22. The normalized spacial score (nSPS) is 24.3. The van der Waals surface area contributed by atoms with E-state index in [2.05, 4.69) is 6.92 Å². The smallest absolute Gasteiger partial charge is 0.335 e. The predicted octanol–water partition coefficient (Wildman–Crippen LogP) is 3.34. The van der Waals surface area contributed by atoms with E-state index < -0.39 is 5.97 Å². The molecule has 0 radical (unpaired) electrons. The van der Waals surface area contributed by atoms with Gasteiger partial charge in [0.2, 0.25) is 0 Å². The molecule has 0 saturated heterocycles. The Hall–Kier alpha value is -1.51. The van der Waals surface area contributed by atoms with Gasteiger partial charge in [0.25, 0.3) is 0 Å². The van der Waals surface area contributed by atoms with Crippen molar-refractivity contribution < 1.29 is 14.6 Å². The van der Waals surface area contributed by atoms with Crippen molar-refractivity contribution in [2.45, 2.75) is 38.7 Å². The zero-order valence-corrected chi connectivity index (χ0v) is 10.1. The molecule has 2 atom stereocenters. The molecule has 1 aromatic carbocycles. The fourth-order valence-corrected chi connectivity index (χ4v) is 2.38. The van der Waals surface area contributed by atoms with E-state index in [4.69, 9.17) is 9.84 Å². The Labute approximate surface area is 101 Å². The highest BCUT2D eigenvalue weighted by Crippen LogP contribution is 2.27. The average Bonchev–Trinajstić information content (AvgIpc) is 2.29. The number of aromatic carboxylic acids is 1. The van der Waals surface area contributed by atoms with E-state index in [1.165, 1.54) is 12.8 Å². The van der Waals surface area contributed by atoms with E-state index in [0.717, 1.165) is 12.8 Å². The lowest BCUT2D eigenvalue weighted by molar-refractivity contribution is 0.0695. The Balaban J connectivity index is 2.02. The zero-order chi connectivity index (χ0) is 12.3. The van der Waals surface area contributed by atoms with Crippen molar-refractivity contribution in [2.24, 2.45) is 5.92 Å². The summed E-state index contributed by atoms with van der Waals surface area (Å²) < 4.78 is 5.85. The maximum Gasteiger partial charge on any atom is 0.335 e. The van der Waals surface area contributed by atoms with Crippen molar-refractivity contribution in [1.82, 2.24) is 0 Å². The Morgan fingerprint density at radius 1 is 1.41 bits per heavy atom. The first-order valence-corrected chi connectivity index (χ1v) is 6.15. The van der Waals surface area contributed by atoms with Crippen molar-refractivity contribution in [2.75, 3.05) is 0 Å². The third-order valence-corrected chi connectivity index (χ3v) is 3.27. The number of carbonyl (C=O) groups is 1. The van der Waals surface area contributed by atoms with Crippen LogP contribution >= 0.6 is 0 Å². The van der Waals surface area contributed by atoms with Gasteiger partial charge in [0, 0.05) is 0 Å². The summed E-state index contributed by atoms with van der Waals surface area (Å²) in [5.74, 6) is 0.466. The van der Waals surface area contributed by atoms with Gasteiger partial charge in [-0.05, 0) is 43.4 Å². The largest absolute Gasteiger partial charge is 0.490 e. The van der Waals surface area contributed by atoms with Crippen LogP contribution in [-0.4, -0.2) is 17.2 Å². The topological polar surface area (TPSA) is 46.5 Å². The minimum atomic E-state index is -0.910. The SMILES string of the molecule is CC1CCCC(Oc2cccc(C(=O)O)c2)C1. The average molecular weight is 234 g/mol. The van der Waals surface area contributed by atoms with Crippen LogP contribution in [0.2, 0.25) is 0 Å². The molecule has 1 saturated carbocycles. The van der Waals surface area contributed by atoms with Crippen LogP contribution in [0.5, 0.6) is 5.75 Å². The van der Waals surface area contributed by atoms with Crippen LogP contribution in [0.3, 0.4) is 0 Å². The summed E-state index contributed by atoms with van der Waals surface area (Å²) in [6, 6.07) is 6.73. The van der Waals surface area contributed by atoms with Gasteiger partial charge in [0.05, 0.1) is 11.7 Å². The van der Waals surface area contributed by atoms with E-state index in [-0.39, 0.29) is 11.7 Å². The Morgan fingerprint density at radius 3 is 2.94 bits per heavy atom. The first kappa shape index (κ1) is 12.0. The second-order valence-electron chi connectivity index (χ2n) is 4.84. The van der Waals surface area contributed by atoms with E-state index in [1.807, 2.05) is 6.07 Å². The van der Waals surface area contributed by atoms with Crippen molar-refractivity contribution in [3.63, 3.8) is 0 Å². The molecule has 1 N–H and O–H groups in total. The summed E-state index contributed by atoms with van der Waals surface area (Å²) in [6.45, 7) is 2.24. The molecule has 92 valence electrons. The molecule has 0 heterocycles. The quantitative estimate of drug-likeness (QED) is 0.872. The highest BCUT2D eigenvalue weighted by atomic mass is 16.5. The molecule has 0 aliphatic heterocycles. The van der Waals surface area contributed by atoms with Crippen molar-refractivity contribution in [3.05, 3.63) is 29.8 Å². The van der Waals surface area contributed by atoms with Crippen LogP contribution in [0.4, 0.5) is 0 Å². The van der Waals surface area contributed by atoms with Crippen molar-refractivity contribution >= 4 is 5.97 Å². The summed E-state index contributed by atoms with van der Waals surface area (Å²) in [5, 5.41) is 8.90. The van der Waals surface area contributed by atoms with Crippen LogP contribution in [-0.2, 0) is 0 Å². The molecule has 3 heteroatoms. The van der Waals surface area contributed by atoms with E-state index >= 15 is 0 Å². The number of carboxylic acids is 1. The number of benzene rings is 1. The summed E-state index contributed by atoms with van der Waals surface area (Å²) in [7, 11) is 0. The molecule has 3 nitrogen and oxygen atoms in total. The van der Waals surface area contributed by atoms with E-state index in [9.17, 15) is 4.79 Å². The Kier molecular flexibility index (Phi) is 3.67. The fourth-order valence-electron chi connectivity index (χ4n) is 2.38. The number of hydrogen-bond acceptors (Lipinski definition) is 2. The van der Waals surface area contributed by atoms with Crippen molar-refractivity contribution in [3.8, 4) is 5.75 Å². The molecule has 0 spiro atoms. The van der Waals surface area contributed by atoms with Gasteiger partial charge in [0.15, 0.2) is 0 Å². The van der Waals surface area contributed by atoms with Crippen LogP contribution in [0.15, 0.2) is 24.3 Å². The Morgan fingerprint density at radius 2 is 2.24 bits per heavy atom. The summed E-state index contributed by atoms with van der Waals surface area (Å²) in [6.07, 6.45) is 4.85. The lowest BCUT2D eigenvalue weighted by atomic mass is 9.89. The molecule has 1 fully saturated rings. The predicted molar refractivity (Wildman–Crippen MR) is 65.4 cm³/mol. The summed E-state index contributed by atoms with van der Waals surface area (Å²) >= 11 is 0. The van der Waals surface area contributed by atoms with Gasteiger partial charge < -0.3 is 9.84 Å². The van der Waals surface area contributed by atoms with Crippen LogP contribution in [0.25, 0.3) is 0 Å². The molecular weight excluding hydrogens is 216 g/mol. The molecule has 1 aliphatic carbocycles. The van der Waals surface area contributed by atoms with Gasteiger partial charge in [-0.25, -0.2) is 4.79 Å². The molecule has 0 aromatic heterocycles. The van der Waals surface area contributed by atoms with Gasteiger partial charge >= 0.3 is 5.97 Å². The minimum absolute atomic E-state index is 0.239. The van der Waals surface area contributed by atoms with Gasteiger partial charge in [-0.3, -0.25) is 0 Å². The second-order valence-corrected chi connectivity index (χ2v) is 4.84. The van der Waals surface area contributed by atoms with Crippen LogP contribution < -0.4 is 4.74 Å². The maximum atomic E-state index is 10.8. The van der Waals surface area contributed by atoms with E-state index in [1.54, 1.807) is 18.2 Å². The number of ether oxygens (including phenoxy) is 1. The molecular formula is C14H18O3. The maximum absolute atomic E-state index is 10.8. The molecule has 0 amide bonds. The Bertz CT molecular complexity index is 400. The molecule has 2 unspecified atom stereocenters. The lowest BCUT2D eigenvalue weighted by Gasteiger charge is -2.27. The minimum Gasteiger partial charge on any atom is -0.490 e. The first-order chi connectivity index (χ1) is 8.15. The van der Waals surface area contributed by atoms with Gasteiger partial charge in [-0.2, -0.15) is 0 Å². The highest BCUT2D eigenvalue weighted by Gasteiger charge is 2.20. The molecule has 1 aromatic rings. The van der Waals surface area contributed by atoms with Gasteiger partial charge in [-0.1, -0.05) is 19.4 Å². The molecule has 1 aliphatic rings. The lowest BCUT2D eigenvalue weighted by Crippen LogP contribution is -2.24. The van der Waals surface area contributed by atoms with Crippen LogP contribution in [0, 0.1) is 5.92 Å². The summed E-state index contributed by atoms with van der Waals surface area (Å²) in [4.78, 5) is 10.8. The molecule has 2 rings (SSSR count). The summed E-state index contributed by atoms with van der Waals surface area (Å²) in [5.41, 5.74) is 0.284. The standard InChI is InChI=1S/C14H18O3/c1-10-4-2-6-12(8-10)17-13-7-3-5-11(9-13)14(15)16/h3,5,7,9-10,12H,2,4,6,8H2,1H3,(H,15,16). The second kappa shape index (κ2) is 5.21. The zero-order valence-electron chi connectivity index (χ0n) is 10.1. The van der Waals surface area contributed by atoms with Gasteiger partial charge in [0.1, 0.15) is 5.75 Å². The fraction of sp³-hybridized carbons (Fsp3) is 0.500. The highest BCUT2D eigenvalue weighted by molar-refractivity contribution is 5.87. The first-order valence-electron chi connectivity index (χ1n) is 6.15. The van der Waals surface area contributed by atoms with Gasteiger partial charge in [-0.15, -0.1) is 0 Å². The number of rotatable bonds is 3. The molecule has 17 heavy (non-hydrogen) atoms. The monoisotopic (exact) mass is 234 g/mol.